The molecule has 0 saturated carbocycles. The molecular formula is C30H29ClFNO9S. The van der Waals surface area contributed by atoms with Crippen LogP contribution in [0.1, 0.15) is 49.8 Å². The maximum Gasteiger partial charge on any atom is 0.303 e. The molecule has 0 unspecified atom stereocenters. The van der Waals surface area contributed by atoms with Crippen molar-refractivity contribution >= 4 is 46.8 Å². The molecule has 43 heavy (non-hydrogen) atoms. The van der Waals surface area contributed by atoms with Crippen molar-refractivity contribution in [1.29, 1.82) is 0 Å². The van der Waals surface area contributed by atoms with Crippen LogP contribution in [0, 0.1) is 5.82 Å². The van der Waals surface area contributed by atoms with Crippen LogP contribution >= 0.6 is 22.9 Å². The first-order chi connectivity index (χ1) is 20.4. The van der Waals surface area contributed by atoms with Crippen molar-refractivity contribution in [2.24, 2.45) is 0 Å². The van der Waals surface area contributed by atoms with Gasteiger partial charge in [-0.3, -0.25) is 24.2 Å². The van der Waals surface area contributed by atoms with Crippen molar-refractivity contribution in [2.75, 3.05) is 6.61 Å². The molecule has 0 radical (unpaired) electrons. The first-order valence-corrected chi connectivity index (χ1v) is 14.4. The molecule has 1 fully saturated rings. The molecule has 0 spiro atoms. The summed E-state index contributed by atoms with van der Waals surface area (Å²) in [5.74, 6) is -3.14. The fraction of sp³-hybridized carbons (Fsp3) is 0.367. The van der Waals surface area contributed by atoms with E-state index in [0.717, 1.165) is 22.9 Å². The SMILES string of the molecule is CC(=O)OC[C@H]1O[C@@H](c2ccc(Cl)c(Cc3ccc(-c4ccc(F)cn4)s3)c2)[C@H](OC(C)=O)[C@@H](OC(C)=O)[C@@H]1OC(C)=O. The number of hydrogen-bond donors (Lipinski definition) is 0. The minimum Gasteiger partial charge on any atom is -0.463 e. The summed E-state index contributed by atoms with van der Waals surface area (Å²) in [6.45, 7) is 4.39. The third-order valence-electron chi connectivity index (χ3n) is 6.40. The number of nitrogens with zero attached hydrogens (tertiary/aromatic N) is 1. The second-order valence-corrected chi connectivity index (χ2v) is 11.4. The van der Waals surface area contributed by atoms with Gasteiger partial charge in [0.1, 0.15) is 24.6 Å². The first kappa shape index (κ1) is 32.1. The van der Waals surface area contributed by atoms with Gasteiger partial charge in [-0.05, 0) is 41.5 Å². The van der Waals surface area contributed by atoms with Crippen LogP contribution in [0.4, 0.5) is 4.39 Å². The maximum absolute atomic E-state index is 13.3. The smallest absolute Gasteiger partial charge is 0.303 e. The minimum absolute atomic E-state index is 0.329. The summed E-state index contributed by atoms with van der Waals surface area (Å²) < 4.78 is 41.3. The zero-order valence-corrected chi connectivity index (χ0v) is 25.3. The largest absolute Gasteiger partial charge is 0.463 e. The van der Waals surface area contributed by atoms with E-state index in [-0.39, 0.29) is 6.61 Å². The Kier molecular flexibility index (Phi) is 10.5. The Balaban J connectivity index is 1.70. The average molecular weight is 634 g/mol. The lowest BCUT2D eigenvalue weighted by Gasteiger charge is -2.44. The van der Waals surface area contributed by atoms with Crippen LogP contribution in [0.15, 0.2) is 48.7 Å². The number of carbonyl (C=O) groups excluding carboxylic acids is 4. The molecule has 0 aliphatic carbocycles. The lowest BCUT2D eigenvalue weighted by atomic mass is 9.89. The van der Waals surface area contributed by atoms with E-state index in [4.69, 9.17) is 35.3 Å². The summed E-state index contributed by atoms with van der Waals surface area (Å²) in [5.41, 5.74) is 1.87. The number of halogens is 2. The van der Waals surface area contributed by atoms with Crippen molar-refractivity contribution in [3.8, 4) is 10.6 Å². The Labute approximate surface area is 256 Å². The van der Waals surface area contributed by atoms with Crippen LogP contribution in [-0.2, 0) is 49.3 Å². The first-order valence-electron chi connectivity index (χ1n) is 13.2. The van der Waals surface area contributed by atoms with Gasteiger partial charge in [-0.1, -0.05) is 23.7 Å². The second-order valence-electron chi connectivity index (χ2n) is 9.78. The molecule has 1 aliphatic rings. The van der Waals surface area contributed by atoms with Crippen molar-refractivity contribution in [3.63, 3.8) is 0 Å². The number of rotatable bonds is 9. The van der Waals surface area contributed by atoms with Gasteiger partial charge in [-0.2, -0.15) is 0 Å². The summed E-state index contributed by atoms with van der Waals surface area (Å²) in [5, 5.41) is 0.462. The quantitative estimate of drug-likeness (QED) is 0.235. The third kappa shape index (κ3) is 8.37. The number of esters is 4. The van der Waals surface area contributed by atoms with Gasteiger partial charge in [0.15, 0.2) is 18.3 Å². The Morgan fingerprint density at radius 1 is 0.884 bits per heavy atom. The topological polar surface area (TPSA) is 127 Å². The highest BCUT2D eigenvalue weighted by Crippen LogP contribution is 2.39. The van der Waals surface area contributed by atoms with E-state index >= 15 is 0 Å². The zero-order valence-electron chi connectivity index (χ0n) is 23.7. The fourth-order valence-corrected chi connectivity index (χ4v) is 5.92. The number of carbonyl (C=O) groups is 4. The number of benzene rings is 1. The highest BCUT2D eigenvalue weighted by Gasteiger charge is 2.52. The normalized spacial score (nSPS) is 21.5. The number of thiophene rings is 1. The van der Waals surface area contributed by atoms with Gasteiger partial charge in [0, 0.05) is 44.0 Å². The minimum atomic E-state index is -1.29. The predicted octanol–water partition coefficient (Wildman–Crippen LogP) is 4.99. The fourth-order valence-electron chi connectivity index (χ4n) is 4.72. The molecule has 1 aromatic carbocycles. The molecular weight excluding hydrogens is 605 g/mol. The number of pyridine rings is 1. The second kappa shape index (κ2) is 14.1. The summed E-state index contributed by atoms with van der Waals surface area (Å²) in [7, 11) is 0. The predicted molar refractivity (Wildman–Crippen MR) is 153 cm³/mol. The lowest BCUT2D eigenvalue weighted by molar-refractivity contribution is -0.254. The van der Waals surface area contributed by atoms with Crippen LogP contribution in [0.2, 0.25) is 5.02 Å². The summed E-state index contributed by atoms with van der Waals surface area (Å²) in [6.07, 6.45) is -4.29. The van der Waals surface area contributed by atoms with Crippen LogP contribution in [0.5, 0.6) is 0 Å². The van der Waals surface area contributed by atoms with Crippen LogP contribution in [-0.4, -0.2) is 59.9 Å². The summed E-state index contributed by atoms with van der Waals surface area (Å²) >= 11 is 8.05. The number of ether oxygens (including phenoxy) is 5. The van der Waals surface area contributed by atoms with Gasteiger partial charge in [0.2, 0.25) is 0 Å². The van der Waals surface area contributed by atoms with Crippen molar-refractivity contribution in [1.82, 2.24) is 4.98 Å². The third-order valence-corrected chi connectivity index (χ3v) is 7.87. The number of aromatic nitrogens is 1. The van der Waals surface area contributed by atoms with Gasteiger partial charge in [-0.25, -0.2) is 4.39 Å². The highest BCUT2D eigenvalue weighted by molar-refractivity contribution is 7.15. The van der Waals surface area contributed by atoms with Gasteiger partial charge < -0.3 is 23.7 Å². The summed E-state index contributed by atoms with van der Waals surface area (Å²) in [4.78, 5) is 53.9. The summed E-state index contributed by atoms with van der Waals surface area (Å²) in [6, 6.07) is 11.9. The van der Waals surface area contributed by atoms with Gasteiger partial charge in [0.05, 0.1) is 16.8 Å². The molecule has 1 aliphatic heterocycles. The Hall–Kier alpha value is -3.87. The van der Waals surface area contributed by atoms with Gasteiger partial charge in [0.25, 0.3) is 0 Å². The molecule has 13 heteroatoms. The van der Waals surface area contributed by atoms with Crippen LogP contribution < -0.4 is 0 Å². The monoisotopic (exact) mass is 633 g/mol. The lowest BCUT2D eigenvalue weighted by Crippen LogP contribution is -2.59. The van der Waals surface area contributed by atoms with Crippen LogP contribution in [0.3, 0.4) is 0 Å². The van der Waals surface area contributed by atoms with Crippen molar-refractivity contribution < 1.29 is 47.3 Å². The Morgan fingerprint density at radius 2 is 1.56 bits per heavy atom. The van der Waals surface area contributed by atoms with E-state index in [1.54, 1.807) is 24.3 Å². The molecule has 10 nitrogen and oxygen atoms in total. The van der Waals surface area contributed by atoms with Crippen LogP contribution in [0.25, 0.3) is 10.6 Å². The van der Waals surface area contributed by atoms with Crippen molar-refractivity contribution in [3.05, 3.63) is 75.5 Å². The Morgan fingerprint density at radius 3 is 2.19 bits per heavy atom. The van der Waals surface area contributed by atoms with E-state index in [1.807, 2.05) is 12.1 Å². The Bertz CT molecular complexity index is 1490. The molecule has 5 atom stereocenters. The molecule has 228 valence electrons. The molecule has 4 rings (SSSR count). The number of hydrogen-bond acceptors (Lipinski definition) is 11. The molecule has 0 bridgehead atoms. The molecule has 3 heterocycles. The van der Waals surface area contributed by atoms with E-state index in [9.17, 15) is 23.6 Å². The van der Waals surface area contributed by atoms with Gasteiger partial charge in [-0.15, -0.1) is 11.3 Å². The molecule has 2 aromatic heterocycles. The maximum atomic E-state index is 13.3. The molecule has 1 saturated heterocycles. The van der Waals surface area contributed by atoms with E-state index in [0.29, 0.717) is 28.3 Å². The molecule has 0 N–H and O–H groups in total. The van der Waals surface area contributed by atoms with E-state index in [1.165, 1.54) is 38.2 Å². The standard InChI is InChI=1S/C30H29ClFNO9S/c1-15(34)38-14-25-28(39-16(2)35)30(41-18(4)37)29(40-17(3)36)27(42-25)19-5-8-23(31)20(11-19)12-22-7-10-26(43-22)24-9-6-21(32)13-33-24/h5-11,13,25,27-30H,12,14H2,1-4H3/t25-,27+,28-,29+,30+/m1/s1. The van der Waals surface area contributed by atoms with Gasteiger partial charge >= 0.3 is 23.9 Å². The zero-order chi connectivity index (χ0) is 31.3. The van der Waals surface area contributed by atoms with E-state index < -0.39 is 60.2 Å². The highest BCUT2D eigenvalue weighted by atomic mass is 35.5. The van der Waals surface area contributed by atoms with Crippen molar-refractivity contribution in [2.45, 2.75) is 64.6 Å². The molecule has 3 aromatic rings. The molecule has 0 amide bonds. The van der Waals surface area contributed by atoms with E-state index in [2.05, 4.69) is 4.98 Å². The average Bonchev–Trinajstić information content (AvgIpc) is 3.39.